The van der Waals surface area contributed by atoms with E-state index in [-0.39, 0.29) is 12.1 Å². The number of aliphatic hydroxyl groups is 1. The Kier molecular flexibility index (Phi) is 3.36. The number of rotatable bonds is 3. The molecule has 0 spiro atoms. The molecule has 1 aliphatic heterocycles. The predicted molar refractivity (Wildman–Crippen MR) is 65.8 cm³/mol. The number of hydrogen-bond acceptors (Lipinski definition) is 3. The summed E-state index contributed by atoms with van der Waals surface area (Å²) in [5.41, 5.74) is 1.25. The standard InChI is InChI=1S/C13H21N2O/c1-14(2)13(11-16)8-9-15(10-13)12-6-4-3-5-7-12/h3-4,6-7,16H,5,8-11H2,1-2H3. The number of likely N-dealkylation sites (N-methyl/N-ethyl adjacent to an activating group) is 1. The van der Waals surface area contributed by atoms with Crippen LogP contribution in [0.2, 0.25) is 0 Å². The van der Waals surface area contributed by atoms with Crippen LogP contribution in [0.5, 0.6) is 0 Å². The summed E-state index contributed by atoms with van der Waals surface area (Å²) in [4.78, 5) is 4.53. The monoisotopic (exact) mass is 221 g/mol. The zero-order valence-electron chi connectivity index (χ0n) is 10.2. The Balaban J connectivity index is 2.07. The van der Waals surface area contributed by atoms with Crippen molar-refractivity contribution < 1.29 is 5.11 Å². The van der Waals surface area contributed by atoms with Crippen molar-refractivity contribution in [2.24, 2.45) is 0 Å². The third kappa shape index (κ3) is 2.02. The van der Waals surface area contributed by atoms with Gasteiger partial charge in [0, 0.05) is 18.8 Å². The second-order valence-electron chi connectivity index (χ2n) is 4.91. The zero-order valence-corrected chi connectivity index (χ0v) is 10.2. The number of allylic oxidation sites excluding steroid dienone is 3. The fourth-order valence-corrected chi connectivity index (χ4v) is 2.45. The molecule has 1 heterocycles. The van der Waals surface area contributed by atoms with Crippen LogP contribution in [0.25, 0.3) is 0 Å². The molecule has 0 aromatic heterocycles. The average Bonchev–Trinajstić information content (AvgIpc) is 2.76. The van der Waals surface area contributed by atoms with Crippen molar-refractivity contribution in [3.8, 4) is 0 Å². The Morgan fingerprint density at radius 3 is 2.81 bits per heavy atom. The molecule has 89 valence electrons. The Hall–Kier alpha value is -0.800. The summed E-state index contributed by atoms with van der Waals surface area (Å²) in [7, 11) is 4.11. The van der Waals surface area contributed by atoms with Crippen LogP contribution in [0.3, 0.4) is 0 Å². The van der Waals surface area contributed by atoms with Gasteiger partial charge in [-0.1, -0.05) is 12.2 Å². The summed E-state index contributed by atoms with van der Waals surface area (Å²) in [5.74, 6) is 0. The molecule has 1 fully saturated rings. The van der Waals surface area contributed by atoms with E-state index < -0.39 is 0 Å². The molecule has 0 saturated carbocycles. The topological polar surface area (TPSA) is 26.7 Å². The van der Waals surface area contributed by atoms with Crippen LogP contribution in [-0.4, -0.2) is 54.2 Å². The van der Waals surface area contributed by atoms with Crippen molar-refractivity contribution in [3.63, 3.8) is 0 Å². The van der Waals surface area contributed by atoms with Crippen LogP contribution in [0.1, 0.15) is 12.8 Å². The molecule has 3 heteroatoms. The van der Waals surface area contributed by atoms with Gasteiger partial charge in [-0.15, -0.1) is 0 Å². The third-order valence-corrected chi connectivity index (χ3v) is 3.81. The first kappa shape index (κ1) is 11.7. The molecule has 1 radical (unpaired) electrons. The van der Waals surface area contributed by atoms with Crippen molar-refractivity contribution in [3.05, 3.63) is 30.3 Å². The van der Waals surface area contributed by atoms with Crippen LogP contribution in [0, 0.1) is 6.42 Å². The largest absolute Gasteiger partial charge is 0.394 e. The first-order chi connectivity index (χ1) is 7.68. The summed E-state index contributed by atoms with van der Waals surface area (Å²) in [6.07, 6.45) is 10.7. The Labute approximate surface area is 98.0 Å². The SMILES string of the molecule is CN(C)C1(CO)CCN(C2=CC[CH]C=C2)C1. The van der Waals surface area contributed by atoms with Gasteiger partial charge in [0.15, 0.2) is 0 Å². The van der Waals surface area contributed by atoms with E-state index in [4.69, 9.17) is 0 Å². The number of likely N-dealkylation sites (tertiary alicyclic amines) is 1. The van der Waals surface area contributed by atoms with Crippen molar-refractivity contribution in [2.75, 3.05) is 33.8 Å². The van der Waals surface area contributed by atoms with Gasteiger partial charge in [-0.25, -0.2) is 0 Å². The van der Waals surface area contributed by atoms with Gasteiger partial charge in [0.05, 0.1) is 12.1 Å². The minimum absolute atomic E-state index is 0.0597. The molecule has 1 saturated heterocycles. The fraction of sp³-hybridized carbons (Fsp3) is 0.615. The molecule has 0 aromatic carbocycles. The van der Waals surface area contributed by atoms with Gasteiger partial charge in [-0.3, -0.25) is 4.90 Å². The molecular weight excluding hydrogens is 200 g/mol. The van der Waals surface area contributed by atoms with E-state index in [0.29, 0.717) is 0 Å². The van der Waals surface area contributed by atoms with Crippen LogP contribution < -0.4 is 0 Å². The molecular formula is C13H21N2O. The second kappa shape index (κ2) is 4.60. The van der Waals surface area contributed by atoms with Gasteiger partial charge in [-0.2, -0.15) is 0 Å². The summed E-state index contributed by atoms with van der Waals surface area (Å²) >= 11 is 0. The smallest absolute Gasteiger partial charge is 0.0633 e. The van der Waals surface area contributed by atoms with Gasteiger partial charge in [-0.05, 0) is 39.4 Å². The van der Waals surface area contributed by atoms with E-state index in [1.807, 2.05) is 0 Å². The molecule has 1 unspecified atom stereocenters. The summed E-state index contributed by atoms with van der Waals surface area (Å²) in [6.45, 7) is 2.20. The van der Waals surface area contributed by atoms with Crippen molar-refractivity contribution in [2.45, 2.75) is 18.4 Å². The normalized spacial score (nSPS) is 30.0. The van der Waals surface area contributed by atoms with Gasteiger partial charge < -0.3 is 10.0 Å². The van der Waals surface area contributed by atoms with Crippen LogP contribution in [-0.2, 0) is 0 Å². The van der Waals surface area contributed by atoms with E-state index in [2.05, 4.69) is 48.5 Å². The molecule has 1 aliphatic carbocycles. The maximum Gasteiger partial charge on any atom is 0.0633 e. The highest BCUT2D eigenvalue weighted by atomic mass is 16.3. The minimum atomic E-state index is -0.0597. The fourth-order valence-electron chi connectivity index (χ4n) is 2.45. The molecule has 0 amide bonds. The number of hydrogen-bond donors (Lipinski definition) is 1. The number of aliphatic hydroxyl groups excluding tert-OH is 1. The Morgan fingerprint density at radius 1 is 1.50 bits per heavy atom. The Morgan fingerprint density at radius 2 is 2.31 bits per heavy atom. The van der Waals surface area contributed by atoms with Gasteiger partial charge in [0.1, 0.15) is 0 Å². The molecule has 1 atom stereocenters. The van der Waals surface area contributed by atoms with E-state index in [9.17, 15) is 5.11 Å². The number of nitrogens with zero attached hydrogens (tertiary/aromatic N) is 2. The van der Waals surface area contributed by atoms with Crippen molar-refractivity contribution >= 4 is 0 Å². The van der Waals surface area contributed by atoms with Crippen LogP contribution >= 0.6 is 0 Å². The molecule has 2 rings (SSSR count). The lowest BCUT2D eigenvalue weighted by molar-refractivity contribution is 0.0778. The van der Waals surface area contributed by atoms with Gasteiger partial charge in [0.25, 0.3) is 0 Å². The molecule has 0 bridgehead atoms. The summed E-state index contributed by atoms with van der Waals surface area (Å²) < 4.78 is 0. The third-order valence-electron chi connectivity index (χ3n) is 3.81. The highest BCUT2D eigenvalue weighted by Gasteiger charge is 2.39. The predicted octanol–water partition coefficient (Wildman–Crippen LogP) is 1.03. The van der Waals surface area contributed by atoms with Crippen molar-refractivity contribution in [1.29, 1.82) is 0 Å². The average molecular weight is 221 g/mol. The van der Waals surface area contributed by atoms with E-state index in [1.54, 1.807) is 0 Å². The van der Waals surface area contributed by atoms with Gasteiger partial charge >= 0.3 is 0 Å². The lowest BCUT2D eigenvalue weighted by Crippen LogP contribution is -2.49. The maximum absolute atomic E-state index is 9.59. The molecule has 1 N–H and O–H groups in total. The van der Waals surface area contributed by atoms with Crippen LogP contribution in [0.15, 0.2) is 23.9 Å². The first-order valence-electron chi connectivity index (χ1n) is 5.91. The molecule has 3 nitrogen and oxygen atoms in total. The van der Waals surface area contributed by atoms with Gasteiger partial charge in [0.2, 0.25) is 0 Å². The lowest BCUT2D eigenvalue weighted by atomic mass is 9.98. The Bertz CT molecular complexity index is 309. The summed E-state index contributed by atoms with van der Waals surface area (Å²) in [5, 5.41) is 9.59. The maximum atomic E-state index is 9.59. The highest BCUT2D eigenvalue weighted by Crippen LogP contribution is 2.29. The van der Waals surface area contributed by atoms with E-state index in [1.165, 1.54) is 5.70 Å². The lowest BCUT2D eigenvalue weighted by Gasteiger charge is -2.35. The van der Waals surface area contributed by atoms with E-state index in [0.717, 1.165) is 25.9 Å². The van der Waals surface area contributed by atoms with Crippen LogP contribution in [0.4, 0.5) is 0 Å². The first-order valence-corrected chi connectivity index (χ1v) is 5.91. The molecule has 0 aromatic rings. The highest BCUT2D eigenvalue weighted by molar-refractivity contribution is 5.27. The zero-order chi connectivity index (χ0) is 11.6. The van der Waals surface area contributed by atoms with Crippen molar-refractivity contribution in [1.82, 2.24) is 9.80 Å². The molecule has 2 aliphatic rings. The quantitative estimate of drug-likeness (QED) is 0.771. The minimum Gasteiger partial charge on any atom is -0.394 e. The second-order valence-corrected chi connectivity index (χ2v) is 4.91. The van der Waals surface area contributed by atoms with E-state index >= 15 is 0 Å². The molecule has 16 heavy (non-hydrogen) atoms. The summed E-state index contributed by atoms with van der Waals surface area (Å²) in [6, 6.07) is 0.